The summed E-state index contributed by atoms with van der Waals surface area (Å²) in [7, 11) is 1.59. The molecule has 106 valence electrons. The van der Waals surface area contributed by atoms with E-state index in [9.17, 15) is 5.11 Å². The zero-order valence-corrected chi connectivity index (χ0v) is 11.7. The second-order valence-corrected chi connectivity index (χ2v) is 4.67. The summed E-state index contributed by atoms with van der Waals surface area (Å²) in [5, 5.41) is 15.0. The van der Waals surface area contributed by atoms with Crippen LogP contribution in [0.4, 0.5) is 0 Å². The number of benzene rings is 2. The van der Waals surface area contributed by atoms with Crippen molar-refractivity contribution in [3.63, 3.8) is 0 Å². The molecule has 0 saturated heterocycles. The quantitative estimate of drug-likeness (QED) is 0.799. The van der Waals surface area contributed by atoms with Crippen molar-refractivity contribution in [1.82, 2.24) is 9.78 Å². The molecule has 1 N–H and O–H groups in total. The minimum absolute atomic E-state index is 0.586. The van der Waals surface area contributed by atoms with E-state index < -0.39 is 6.10 Å². The van der Waals surface area contributed by atoms with E-state index in [4.69, 9.17) is 4.74 Å². The van der Waals surface area contributed by atoms with Gasteiger partial charge in [0.15, 0.2) is 0 Å². The van der Waals surface area contributed by atoms with Gasteiger partial charge in [0.05, 0.1) is 18.5 Å². The number of nitrogens with zero attached hydrogens (tertiary/aromatic N) is 2. The first-order chi connectivity index (χ1) is 10.3. The first-order valence-corrected chi connectivity index (χ1v) is 6.71. The molecule has 1 aromatic heterocycles. The van der Waals surface area contributed by atoms with Crippen LogP contribution in [0.1, 0.15) is 17.4 Å². The lowest BCUT2D eigenvalue weighted by Crippen LogP contribution is -2.04. The fraction of sp³-hybridized carbons (Fsp3) is 0.118. The fourth-order valence-electron chi connectivity index (χ4n) is 2.26. The van der Waals surface area contributed by atoms with Crippen LogP contribution in [0.5, 0.6) is 5.75 Å². The van der Waals surface area contributed by atoms with Crippen molar-refractivity contribution < 1.29 is 9.84 Å². The van der Waals surface area contributed by atoms with E-state index >= 15 is 0 Å². The molecule has 4 heteroatoms. The normalized spacial score (nSPS) is 12.1. The summed E-state index contributed by atoms with van der Waals surface area (Å²) >= 11 is 0. The Hall–Kier alpha value is -2.59. The van der Waals surface area contributed by atoms with Crippen LogP contribution in [0.25, 0.3) is 5.69 Å². The highest BCUT2D eigenvalue weighted by atomic mass is 16.5. The van der Waals surface area contributed by atoms with Gasteiger partial charge in [0.1, 0.15) is 11.9 Å². The van der Waals surface area contributed by atoms with Gasteiger partial charge in [0, 0.05) is 11.8 Å². The van der Waals surface area contributed by atoms with Crippen molar-refractivity contribution in [3.8, 4) is 11.4 Å². The van der Waals surface area contributed by atoms with Gasteiger partial charge in [-0.05, 0) is 24.3 Å². The van der Waals surface area contributed by atoms with E-state index in [0.717, 1.165) is 5.69 Å². The Balaban J connectivity index is 1.93. The average molecular weight is 280 g/mol. The Morgan fingerprint density at radius 3 is 2.48 bits per heavy atom. The van der Waals surface area contributed by atoms with Gasteiger partial charge < -0.3 is 9.84 Å². The topological polar surface area (TPSA) is 47.3 Å². The molecule has 0 aliphatic heterocycles. The van der Waals surface area contributed by atoms with E-state index in [-0.39, 0.29) is 0 Å². The molecule has 3 rings (SSSR count). The lowest BCUT2D eigenvalue weighted by Gasteiger charge is -2.12. The molecule has 3 aromatic rings. The Bertz CT molecular complexity index is 722. The number of aliphatic hydroxyl groups is 1. The van der Waals surface area contributed by atoms with Crippen LogP contribution in [0.2, 0.25) is 0 Å². The van der Waals surface area contributed by atoms with Gasteiger partial charge in [-0.3, -0.25) is 0 Å². The maximum absolute atomic E-state index is 10.5. The molecule has 1 unspecified atom stereocenters. The van der Waals surface area contributed by atoms with E-state index in [0.29, 0.717) is 17.0 Å². The standard InChI is InChI=1S/C17H16N2O2/c1-21-16-10-6-5-9-14(16)17(20)15-11-12-19(18-15)13-7-3-2-4-8-13/h2-12,17,20H,1H3. The van der Waals surface area contributed by atoms with Crippen molar-refractivity contribution >= 4 is 0 Å². The number of hydrogen-bond donors (Lipinski definition) is 1. The largest absolute Gasteiger partial charge is 0.496 e. The van der Waals surface area contributed by atoms with Crippen LogP contribution >= 0.6 is 0 Å². The number of hydrogen-bond acceptors (Lipinski definition) is 3. The minimum Gasteiger partial charge on any atom is -0.496 e. The van der Waals surface area contributed by atoms with Gasteiger partial charge in [0.25, 0.3) is 0 Å². The first-order valence-electron chi connectivity index (χ1n) is 6.71. The summed E-state index contributed by atoms with van der Waals surface area (Å²) in [4.78, 5) is 0. The third kappa shape index (κ3) is 2.66. The number of aliphatic hydroxyl groups excluding tert-OH is 1. The average Bonchev–Trinajstić information content (AvgIpc) is 3.05. The van der Waals surface area contributed by atoms with Crippen LogP contribution < -0.4 is 4.74 Å². The van der Waals surface area contributed by atoms with Gasteiger partial charge in [0.2, 0.25) is 0 Å². The van der Waals surface area contributed by atoms with Crippen molar-refractivity contribution in [2.45, 2.75) is 6.10 Å². The second-order valence-electron chi connectivity index (χ2n) is 4.67. The van der Waals surface area contributed by atoms with E-state index in [1.165, 1.54) is 0 Å². The number of aromatic nitrogens is 2. The smallest absolute Gasteiger partial charge is 0.126 e. The predicted molar refractivity (Wildman–Crippen MR) is 80.6 cm³/mol. The van der Waals surface area contributed by atoms with E-state index in [2.05, 4.69) is 5.10 Å². The van der Waals surface area contributed by atoms with Crippen LogP contribution in [0, 0.1) is 0 Å². The Morgan fingerprint density at radius 2 is 1.71 bits per heavy atom. The van der Waals surface area contributed by atoms with Gasteiger partial charge >= 0.3 is 0 Å². The number of para-hydroxylation sites is 2. The van der Waals surface area contributed by atoms with Crippen molar-refractivity contribution in [1.29, 1.82) is 0 Å². The van der Waals surface area contributed by atoms with Crippen LogP contribution in [0.3, 0.4) is 0 Å². The van der Waals surface area contributed by atoms with Gasteiger partial charge in [-0.15, -0.1) is 0 Å². The van der Waals surface area contributed by atoms with Crippen LogP contribution in [0.15, 0.2) is 66.9 Å². The molecule has 0 saturated carbocycles. The third-order valence-corrected chi connectivity index (χ3v) is 3.34. The van der Waals surface area contributed by atoms with Crippen molar-refractivity contribution in [2.75, 3.05) is 7.11 Å². The molecule has 1 atom stereocenters. The lowest BCUT2D eigenvalue weighted by atomic mass is 10.1. The molecule has 0 bridgehead atoms. The summed E-state index contributed by atoms with van der Waals surface area (Å²) < 4.78 is 7.03. The highest BCUT2D eigenvalue weighted by molar-refractivity contribution is 5.39. The first kappa shape index (κ1) is 13.4. The van der Waals surface area contributed by atoms with Gasteiger partial charge in [-0.2, -0.15) is 5.10 Å². The highest BCUT2D eigenvalue weighted by Crippen LogP contribution is 2.28. The lowest BCUT2D eigenvalue weighted by molar-refractivity contribution is 0.209. The predicted octanol–water partition coefficient (Wildman–Crippen LogP) is 2.96. The third-order valence-electron chi connectivity index (χ3n) is 3.34. The maximum atomic E-state index is 10.5. The molecule has 4 nitrogen and oxygen atoms in total. The summed E-state index contributed by atoms with van der Waals surface area (Å²) in [5.74, 6) is 0.652. The summed E-state index contributed by atoms with van der Waals surface area (Å²) in [5.41, 5.74) is 2.25. The Labute approximate surface area is 123 Å². The molecule has 0 aliphatic rings. The summed E-state index contributed by atoms with van der Waals surface area (Å²) in [6, 6.07) is 19.0. The zero-order valence-electron chi connectivity index (χ0n) is 11.7. The molecule has 1 heterocycles. The molecular weight excluding hydrogens is 264 g/mol. The van der Waals surface area contributed by atoms with E-state index in [1.807, 2.05) is 66.9 Å². The molecule has 2 aromatic carbocycles. The number of methoxy groups -OCH3 is 1. The second kappa shape index (κ2) is 5.81. The zero-order chi connectivity index (χ0) is 14.7. The van der Waals surface area contributed by atoms with Crippen molar-refractivity contribution in [3.05, 3.63) is 78.1 Å². The molecule has 0 spiro atoms. The minimum atomic E-state index is -0.814. The number of rotatable bonds is 4. The summed E-state index contributed by atoms with van der Waals surface area (Å²) in [6.45, 7) is 0. The molecule has 0 aliphatic carbocycles. The van der Waals surface area contributed by atoms with E-state index in [1.54, 1.807) is 11.8 Å². The Kier molecular flexibility index (Phi) is 3.71. The van der Waals surface area contributed by atoms with Crippen molar-refractivity contribution in [2.24, 2.45) is 0 Å². The van der Waals surface area contributed by atoms with Gasteiger partial charge in [-0.25, -0.2) is 4.68 Å². The maximum Gasteiger partial charge on any atom is 0.126 e. The highest BCUT2D eigenvalue weighted by Gasteiger charge is 2.17. The SMILES string of the molecule is COc1ccccc1C(O)c1ccn(-c2ccccc2)n1. The molecule has 0 fully saturated rings. The molecular formula is C17H16N2O2. The Morgan fingerprint density at radius 1 is 1.00 bits per heavy atom. The monoisotopic (exact) mass is 280 g/mol. The van der Waals surface area contributed by atoms with Gasteiger partial charge in [-0.1, -0.05) is 36.4 Å². The van der Waals surface area contributed by atoms with Crippen LogP contribution in [-0.2, 0) is 0 Å². The molecule has 0 amide bonds. The number of ether oxygens (including phenoxy) is 1. The molecule has 0 radical (unpaired) electrons. The van der Waals surface area contributed by atoms with Crippen LogP contribution in [-0.4, -0.2) is 22.0 Å². The summed E-state index contributed by atoms with van der Waals surface area (Å²) in [6.07, 6.45) is 1.02. The fourth-order valence-corrected chi connectivity index (χ4v) is 2.26. The molecule has 21 heavy (non-hydrogen) atoms.